The average molecular weight is 132 g/mol. The number of hydrogen-bond acceptors (Lipinski definition) is 5. The van der Waals surface area contributed by atoms with Gasteiger partial charge in [-0.25, -0.2) is 5.84 Å². The van der Waals surface area contributed by atoms with Gasteiger partial charge in [0.05, 0.1) is 4.92 Å². The predicted octanol–water partition coefficient (Wildman–Crippen LogP) is -1.26. The van der Waals surface area contributed by atoms with Crippen molar-refractivity contribution in [2.24, 2.45) is 5.84 Å². The summed E-state index contributed by atoms with van der Waals surface area (Å²) in [5.74, 6) is 5.01. The molecular weight excluding hydrogens is 124 g/mol. The maximum absolute atomic E-state index is 9.72. The molecule has 0 aromatic rings. The van der Waals surface area contributed by atoms with E-state index in [4.69, 9.17) is 5.84 Å². The molecule has 0 aliphatic carbocycles. The van der Waals surface area contributed by atoms with Crippen LogP contribution in [0.2, 0.25) is 0 Å². The second kappa shape index (κ2) is 3.67. The van der Waals surface area contributed by atoms with Crippen LogP contribution in [-0.2, 0) is 0 Å². The summed E-state index contributed by atoms with van der Waals surface area (Å²) in [7, 11) is 1.52. The lowest BCUT2D eigenvalue weighted by Crippen LogP contribution is -2.29. The van der Waals surface area contributed by atoms with E-state index in [1.165, 1.54) is 7.05 Å². The Labute approximate surface area is 51.8 Å². The topological polar surface area (TPSA) is 93.2 Å². The first-order chi connectivity index (χ1) is 4.20. The van der Waals surface area contributed by atoms with Gasteiger partial charge >= 0.3 is 0 Å². The molecular formula is C3H8N4O2. The van der Waals surface area contributed by atoms with Crippen molar-refractivity contribution in [2.75, 3.05) is 7.05 Å². The van der Waals surface area contributed by atoms with Crippen LogP contribution in [0.25, 0.3) is 0 Å². The minimum atomic E-state index is -0.605. The molecule has 0 aromatic carbocycles. The molecule has 0 saturated heterocycles. The third-order valence-electron chi connectivity index (χ3n) is 0.659. The molecule has 0 atom stereocenters. The Balaban J connectivity index is 3.91. The molecule has 0 aromatic heterocycles. The van der Waals surface area contributed by atoms with Crippen LogP contribution >= 0.6 is 0 Å². The van der Waals surface area contributed by atoms with Gasteiger partial charge in [0.15, 0.2) is 5.82 Å². The van der Waals surface area contributed by atoms with Crippen LogP contribution in [-0.4, -0.2) is 12.0 Å². The fourth-order valence-electron chi connectivity index (χ4n) is 0.279. The molecule has 0 aliphatic heterocycles. The number of nitrogens with two attached hydrogens (primary N) is 1. The van der Waals surface area contributed by atoms with Crippen LogP contribution in [0.3, 0.4) is 0 Å². The van der Waals surface area contributed by atoms with Gasteiger partial charge in [0.25, 0.3) is 6.20 Å². The van der Waals surface area contributed by atoms with Crippen LogP contribution in [0.4, 0.5) is 0 Å². The molecule has 0 fully saturated rings. The molecule has 0 radical (unpaired) electrons. The molecule has 0 heterocycles. The summed E-state index contributed by atoms with van der Waals surface area (Å²) >= 11 is 0. The van der Waals surface area contributed by atoms with Crippen molar-refractivity contribution in [3.8, 4) is 0 Å². The molecule has 0 aliphatic rings. The highest BCUT2D eigenvalue weighted by Gasteiger charge is 1.93. The Morgan fingerprint density at radius 1 is 1.89 bits per heavy atom. The zero-order valence-corrected chi connectivity index (χ0v) is 4.92. The molecule has 4 N–H and O–H groups in total. The molecule has 6 heteroatoms. The van der Waals surface area contributed by atoms with E-state index in [0.717, 1.165) is 6.20 Å². The number of nitro groups is 1. The smallest absolute Gasteiger partial charge is 0.275 e. The molecule has 6 nitrogen and oxygen atoms in total. The lowest BCUT2D eigenvalue weighted by molar-refractivity contribution is -0.404. The van der Waals surface area contributed by atoms with E-state index < -0.39 is 4.92 Å². The highest BCUT2D eigenvalue weighted by Crippen LogP contribution is 1.77. The molecule has 9 heavy (non-hydrogen) atoms. The molecule has 0 bridgehead atoms. The Bertz CT molecular complexity index is 126. The predicted molar refractivity (Wildman–Crippen MR) is 31.5 cm³/mol. The van der Waals surface area contributed by atoms with Crippen molar-refractivity contribution >= 4 is 0 Å². The first-order valence-corrected chi connectivity index (χ1v) is 2.20. The number of hydrogen-bond donors (Lipinski definition) is 3. The van der Waals surface area contributed by atoms with E-state index in [1.54, 1.807) is 0 Å². The number of rotatable bonds is 3. The minimum absolute atomic E-state index is 0.167. The second-order valence-corrected chi connectivity index (χ2v) is 1.22. The molecule has 52 valence electrons. The largest absolute Gasteiger partial charge is 0.369 e. The summed E-state index contributed by atoms with van der Waals surface area (Å²) in [5, 5.41) is 12.2. The number of hydrazine groups is 1. The first-order valence-electron chi connectivity index (χ1n) is 2.20. The van der Waals surface area contributed by atoms with Gasteiger partial charge in [0.1, 0.15) is 0 Å². The molecule has 0 unspecified atom stereocenters. The van der Waals surface area contributed by atoms with E-state index >= 15 is 0 Å². The summed E-state index contributed by atoms with van der Waals surface area (Å²) in [6.07, 6.45) is 0.736. The Morgan fingerprint density at radius 3 is 2.56 bits per heavy atom. The Kier molecular flexibility index (Phi) is 3.14. The maximum atomic E-state index is 9.72. The summed E-state index contributed by atoms with van der Waals surface area (Å²) in [6, 6.07) is 0. The van der Waals surface area contributed by atoms with Gasteiger partial charge in [-0.15, -0.1) is 0 Å². The normalized spacial score (nSPS) is 10.7. The quantitative estimate of drug-likeness (QED) is 0.253. The zero-order chi connectivity index (χ0) is 7.28. The molecule has 0 rings (SSSR count). The van der Waals surface area contributed by atoms with E-state index in [-0.39, 0.29) is 5.82 Å². The fourth-order valence-corrected chi connectivity index (χ4v) is 0.279. The molecule has 0 amide bonds. The van der Waals surface area contributed by atoms with Crippen molar-refractivity contribution in [1.29, 1.82) is 0 Å². The lowest BCUT2D eigenvalue weighted by Gasteiger charge is -1.98. The maximum Gasteiger partial charge on any atom is 0.275 e. The third-order valence-corrected chi connectivity index (χ3v) is 0.659. The van der Waals surface area contributed by atoms with Crippen molar-refractivity contribution in [3.63, 3.8) is 0 Å². The lowest BCUT2D eigenvalue weighted by atomic mass is 10.7. The van der Waals surface area contributed by atoms with Crippen LogP contribution in [0, 0.1) is 10.1 Å². The Morgan fingerprint density at radius 2 is 2.44 bits per heavy atom. The average Bonchev–Trinajstić information content (AvgIpc) is 1.82. The van der Waals surface area contributed by atoms with Crippen LogP contribution in [0.1, 0.15) is 0 Å². The summed E-state index contributed by atoms with van der Waals surface area (Å²) in [4.78, 5) is 9.12. The van der Waals surface area contributed by atoms with Crippen molar-refractivity contribution in [2.45, 2.75) is 0 Å². The van der Waals surface area contributed by atoms with E-state index in [0.29, 0.717) is 0 Å². The third kappa shape index (κ3) is 3.30. The molecule has 0 saturated carbocycles. The van der Waals surface area contributed by atoms with Crippen LogP contribution < -0.4 is 16.6 Å². The first kappa shape index (κ1) is 7.70. The van der Waals surface area contributed by atoms with E-state index in [2.05, 4.69) is 10.7 Å². The van der Waals surface area contributed by atoms with Gasteiger partial charge in [0, 0.05) is 7.05 Å². The van der Waals surface area contributed by atoms with Crippen LogP contribution in [0.15, 0.2) is 12.0 Å². The van der Waals surface area contributed by atoms with Crippen LogP contribution in [0.5, 0.6) is 0 Å². The van der Waals surface area contributed by atoms with Gasteiger partial charge in [-0.3, -0.25) is 10.1 Å². The summed E-state index contributed by atoms with van der Waals surface area (Å²) < 4.78 is 0. The van der Waals surface area contributed by atoms with Crippen molar-refractivity contribution in [3.05, 3.63) is 22.1 Å². The van der Waals surface area contributed by atoms with Crippen molar-refractivity contribution in [1.82, 2.24) is 10.7 Å². The number of nitrogens with zero attached hydrogens (tertiary/aromatic N) is 1. The standard InChI is InChI=1S/C3H8N4O2/c1-5-3(6-4)2-7(8)9/h2,5-6H,4H2,1H3/b3-2-. The highest BCUT2D eigenvalue weighted by molar-refractivity contribution is 4.87. The molecule has 0 spiro atoms. The highest BCUT2D eigenvalue weighted by atomic mass is 16.6. The van der Waals surface area contributed by atoms with Gasteiger partial charge in [-0.05, 0) is 0 Å². The van der Waals surface area contributed by atoms with Gasteiger partial charge < -0.3 is 10.7 Å². The minimum Gasteiger partial charge on any atom is -0.369 e. The fraction of sp³-hybridized carbons (Fsp3) is 0.333. The monoisotopic (exact) mass is 132 g/mol. The van der Waals surface area contributed by atoms with Crippen molar-refractivity contribution < 1.29 is 4.92 Å². The van der Waals surface area contributed by atoms with Gasteiger partial charge in [0.2, 0.25) is 0 Å². The van der Waals surface area contributed by atoms with Gasteiger partial charge in [-0.1, -0.05) is 0 Å². The second-order valence-electron chi connectivity index (χ2n) is 1.22. The number of nitrogens with one attached hydrogen (secondary N) is 2. The van der Waals surface area contributed by atoms with E-state index in [1.807, 2.05) is 0 Å². The SMILES string of the molecule is CN/C(=C/[N+](=O)[O-])NN. The Hall–Kier alpha value is -1.30. The van der Waals surface area contributed by atoms with Gasteiger partial charge in [-0.2, -0.15) is 0 Å². The zero-order valence-electron chi connectivity index (χ0n) is 4.92. The van der Waals surface area contributed by atoms with E-state index in [9.17, 15) is 10.1 Å². The summed E-state index contributed by atoms with van der Waals surface area (Å²) in [5.41, 5.74) is 2.09. The summed E-state index contributed by atoms with van der Waals surface area (Å²) in [6.45, 7) is 0.